The van der Waals surface area contributed by atoms with Crippen LogP contribution in [-0.4, -0.2) is 51.7 Å². The Kier molecular flexibility index (Phi) is 4.05. The summed E-state index contributed by atoms with van der Waals surface area (Å²) >= 11 is 0. The van der Waals surface area contributed by atoms with Crippen LogP contribution in [0, 0.1) is 5.82 Å². The molecule has 2 bridgehead atoms. The first-order valence-electron chi connectivity index (χ1n) is 10.2. The number of hydrogen-bond donors (Lipinski definition) is 1. The van der Waals surface area contributed by atoms with Crippen LogP contribution >= 0.6 is 0 Å². The van der Waals surface area contributed by atoms with Crippen molar-refractivity contribution in [3.05, 3.63) is 47.5 Å². The molecule has 4 heterocycles. The molecular formula is C21H18F3N5O3. The molecule has 1 aromatic carbocycles. The molecule has 3 aromatic rings. The Morgan fingerprint density at radius 2 is 2.06 bits per heavy atom. The smallest absolute Gasteiger partial charge is 0.261 e. The van der Waals surface area contributed by atoms with E-state index in [0.717, 1.165) is 12.8 Å². The lowest BCUT2D eigenvalue weighted by Crippen LogP contribution is -2.47. The standard InChI is InChI=1S/C21H18F3N5O3/c22-12-1-2-15-11(5-12)7-28-14(17(23)24)9-31-16-8-29-18(26-19(16)28)13(6-25-29)20(30)27-21(3-4-21)10-32-15/h1-2,5-6,8,14,17H,3-4,7,9-10H2,(H,27,30)/t14-/m0/s1. The Morgan fingerprint density at radius 1 is 1.22 bits per heavy atom. The number of hydrogen-bond acceptors (Lipinski definition) is 6. The predicted molar refractivity (Wildman–Crippen MR) is 106 cm³/mol. The van der Waals surface area contributed by atoms with Gasteiger partial charge in [0, 0.05) is 12.1 Å². The molecule has 1 aliphatic carbocycles. The molecule has 0 saturated heterocycles. The number of nitrogens with one attached hydrogen (secondary N) is 1. The van der Waals surface area contributed by atoms with Crippen LogP contribution in [0.1, 0.15) is 28.8 Å². The summed E-state index contributed by atoms with van der Waals surface area (Å²) in [6.07, 6.45) is 1.62. The molecular weight excluding hydrogens is 427 g/mol. The number of carbonyl (C=O) groups is 1. The van der Waals surface area contributed by atoms with Crippen LogP contribution in [0.15, 0.2) is 30.6 Å². The van der Waals surface area contributed by atoms with Crippen LogP contribution < -0.4 is 19.7 Å². The molecule has 1 amide bonds. The van der Waals surface area contributed by atoms with Gasteiger partial charge in [-0.25, -0.2) is 22.7 Å². The van der Waals surface area contributed by atoms with E-state index in [4.69, 9.17) is 9.47 Å². The van der Waals surface area contributed by atoms with Crippen molar-refractivity contribution in [3.63, 3.8) is 0 Å². The van der Waals surface area contributed by atoms with Gasteiger partial charge in [-0.15, -0.1) is 0 Å². The molecule has 166 valence electrons. The van der Waals surface area contributed by atoms with Crippen molar-refractivity contribution in [1.29, 1.82) is 0 Å². The van der Waals surface area contributed by atoms with Crippen molar-refractivity contribution in [2.75, 3.05) is 18.1 Å². The lowest BCUT2D eigenvalue weighted by atomic mass is 10.1. The minimum atomic E-state index is -2.74. The van der Waals surface area contributed by atoms with Gasteiger partial charge in [-0.1, -0.05) is 0 Å². The van der Waals surface area contributed by atoms with Gasteiger partial charge in [0.05, 0.1) is 17.9 Å². The quantitative estimate of drug-likeness (QED) is 0.620. The normalized spacial score (nSPS) is 21.3. The molecule has 6 rings (SSSR count). The topological polar surface area (TPSA) is 81.0 Å². The number of rotatable bonds is 1. The summed E-state index contributed by atoms with van der Waals surface area (Å²) in [4.78, 5) is 18.9. The Bertz CT molecular complexity index is 1240. The van der Waals surface area contributed by atoms with Crippen molar-refractivity contribution in [3.8, 4) is 11.5 Å². The molecule has 1 spiro atoms. The fourth-order valence-corrected chi connectivity index (χ4v) is 4.15. The minimum Gasteiger partial charge on any atom is -0.491 e. The maximum atomic E-state index is 14.1. The van der Waals surface area contributed by atoms with Crippen molar-refractivity contribution in [2.45, 2.75) is 37.4 Å². The number of nitrogens with zero attached hydrogens (tertiary/aromatic N) is 4. The predicted octanol–water partition coefficient (Wildman–Crippen LogP) is 2.56. The van der Waals surface area contributed by atoms with E-state index < -0.39 is 23.8 Å². The average molecular weight is 445 g/mol. The molecule has 8 nitrogen and oxygen atoms in total. The summed E-state index contributed by atoms with van der Waals surface area (Å²) in [6.45, 7) is -0.167. The average Bonchev–Trinajstić information content (AvgIpc) is 3.39. The second-order valence-electron chi connectivity index (χ2n) is 8.37. The van der Waals surface area contributed by atoms with Crippen molar-refractivity contribution in [1.82, 2.24) is 19.9 Å². The van der Waals surface area contributed by atoms with E-state index in [2.05, 4.69) is 15.4 Å². The maximum Gasteiger partial charge on any atom is 0.261 e. The van der Waals surface area contributed by atoms with Gasteiger partial charge in [-0.3, -0.25) is 4.79 Å². The van der Waals surface area contributed by atoms with E-state index in [9.17, 15) is 18.0 Å². The number of aromatic nitrogens is 3. The first-order chi connectivity index (χ1) is 15.4. The third-order valence-corrected chi connectivity index (χ3v) is 6.16. The van der Waals surface area contributed by atoms with Crippen LogP contribution in [0.25, 0.3) is 5.65 Å². The fraction of sp³-hybridized carbons (Fsp3) is 0.381. The number of anilines is 1. The molecule has 2 aromatic heterocycles. The van der Waals surface area contributed by atoms with E-state index in [-0.39, 0.29) is 48.4 Å². The summed E-state index contributed by atoms with van der Waals surface area (Å²) in [5.74, 6) is -0.122. The summed E-state index contributed by atoms with van der Waals surface area (Å²) < 4.78 is 54.9. The van der Waals surface area contributed by atoms with Gasteiger partial charge >= 0.3 is 0 Å². The molecule has 11 heteroatoms. The van der Waals surface area contributed by atoms with Gasteiger partial charge in [-0.05, 0) is 31.0 Å². The Hall–Kier alpha value is -3.50. The Labute approximate surface area is 179 Å². The number of benzene rings is 1. The van der Waals surface area contributed by atoms with Crippen molar-refractivity contribution < 1.29 is 27.4 Å². The molecule has 1 saturated carbocycles. The SMILES string of the molecule is O=C1NC2(CC2)COc2ccc(F)cc2CN2c3nc4c1cnn4cc3OC[C@H]2C(F)F. The van der Waals surface area contributed by atoms with Gasteiger partial charge in [0.15, 0.2) is 17.2 Å². The number of amides is 1. The van der Waals surface area contributed by atoms with E-state index >= 15 is 0 Å². The van der Waals surface area contributed by atoms with Crippen LogP contribution in [0.3, 0.4) is 0 Å². The number of ether oxygens (including phenoxy) is 2. The first-order valence-corrected chi connectivity index (χ1v) is 10.2. The number of alkyl halides is 2. The molecule has 32 heavy (non-hydrogen) atoms. The number of halogens is 3. The van der Waals surface area contributed by atoms with Crippen molar-refractivity contribution in [2.24, 2.45) is 0 Å². The molecule has 0 radical (unpaired) electrons. The van der Waals surface area contributed by atoms with E-state index in [1.54, 1.807) is 0 Å². The molecule has 1 atom stereocenters. The fourth-order valence-electron chi connectivity index (χ4n) is 4.15. The lowest BCUT2D eigenvalue weighted by molar-refractivity contribution is 0.0766. The van der Waals surface area contributed by atoms with Gasteiger partial charge < -0.3 is 19.7 Å². The minimum absolute atomic E-state index is 0.0700. The summed E-state index contributed by atoms with van der Waals surface area (Å²) in [5, 5.41) is 7.16. The largest absolute Gasteiger partial charge is 0.491 e. The molecule has 2 aliphatic heterocycles. The summed E-state index contributed by atoms with van der Waals surface area (Å²) in [7, 11) is 0. The van der Waals surface area contributed by atoms with E-state index in [1.165, 1.54) is 40.0 Å². The zero-order valence-electron chi connectivity index (χ0n) is 16.7. The zero-order chi connectivity index (χ0) is 22.0. The first kappa shape index (κ1) is 19.2. The Balaban J connectivity index is 1.55. The number of fused-ring (bicyclic) bond motifs is 1. The van der Waals surface area contributed by atoms with Crippen molar-refractivity contribution >= 4 is 17.4 Å². The highest BCUT2D eigenvalue weighted by atomic mass is 19.3. The van der Waals surface area contributed by atoms with Gasteiger partial charge in [-0.2, -0.15) is 5.10 Å². The third kappa shape index (κ3) is 3.02. The van der Waals surface area contributed by atoms with Crippen LogP contribution in [-0.2, 0) is 6.54 Å². The van der Waals surface area contributed by atoms with Gasteiger partial charge in [0.1, 0.15) is 36.4 Å². The van der Waals surface area contributed by atoms with Crippen LogP contribution in [0.5, 0.6) is 11.5 Å². The second kappa shape index (κ2) is 6.75. The monoisotopic (exact) mass is 445 g/mol. The van der Waals surface area contributed by atoms with E-state index in [0.29, 0.717) is 11.3 Å². The highest BCUT2D eigenvalue weighted by Crippen LogP contribution is 2.40. The van der Waals surface area contributed by atoms with Gasteiger partial charge in [0.2, 0.25) is 0 Å². The molecule has 1 N–H and O–H groups in total. The van der Waals surface area contributed by atoms with Gasteiger partial charge in [0.25, 0.3) is 12.3 Å². The second-order valence-corrected chi connectivity index (χ2v) is 8.37. The lowest BCUT2D eigenvalue weighted by Gasteiger charge is -2.37. The van der Waals surface area contributed by atoms with E-state index in [1.807, 2.05) is 0 Å². The molecule has 3 aliphatic rings. The molecule has 0 unspecified atom stereocenters. The third-order valence-electron chi connectivity index (χ3n) is 6.16. The molecule has 1 fully saturated rings. The maximum absolute atomic E-state index is 14.1. The summed E-state index contributed by atoms with van der Waals surface area (Å²) in [5.41, 5.74) is 0.303. The zero-order valence-corrected chi connectivity index (χ0v) is 16.7. The Morgan fingerprint density at radius 3 is 2.84 bits per heavy atom. The summed E-state index contributed by atoms with van der Waals surface area (Å²) in [6, 6.07) is 2.70. The van der Waals surface area contributed by atoms with Crippen LogP contribution in [0.2, 0.25) is 0 Å². The van der Waals surface area contributed by atoms with Crippen LogP contribution in [0.4, 0.5) is 19.0 Å². The highest BCUT2D eigenvalue weighted by Gasteiger charge is 2.46. The highest BCUT2D eigenvalue weighted by molar-refractivity contribution is 6.00. The number of carbonyl (C=O) groups excluding carboxylic acids is 1.